The predicted octanol–water partition coefficient (Wildman–Crippen LogP) is 4.02. The van der Waals surface area contributed by atoms with E-state index in [1.807, 2.05) is 13.1 Å². The third-order valence-corrected chi connectivity index (χ3v) is 5.10. The third kappa shape index (κ3) is 2.13. The standard InChI is InChI=1S/C14H20ClNO/c1-16-13(12-4-5-17-14(12)15)8-11-7-9-2-3-10(11)6-9/h4-5,9-11,13,16H,2-3,6-8H2,1H3. The SMILES string of the molecule is CNC(CC1CC2CCC1C2)c1ccoc1Cl. The van der Waals surface area contributed by atoms with Gasteiger partial charge in [-0.1, -0.05) is 6.42 Å². The Morgan fingerprint density at radius 3 is 2.88 bits per heavy atom. The molecule has 1 N–H and O–H groups in total. The normalized spacial score (nSPS) is 33.2. The molecule has 2 fully saturated rings. The van der Waals surface area contributed by atoms with E-state index < -0.39 is 0 Å². The average Bonchev–Trinajstić information content (AvgIpc) is 3.02. The van der Waals surface area contributed by atoms with Gasteiger partial charge < -0.3 is 9.73 Å². The number of rotatable bonds is 4. The molecule has 0 spiro atoms. The summed E-state index contributed by atoms with van der Waals surface area (Å²) in [6.45, 7) is 0. The van der Waals surface area contributed by atoms with Crippen LogP contribution in [-0.4, -0.2) is 7.05 Å². The zero-order valence-electron chi connectivity index (χ0n) is 10.3. The molecule has 0 radical (unpaired) electrons. The molecular formula is C14H20ClNO. The summed E-state index contributed by atoms with van der Waals surface area (Å²) in [5, 5.41) is 3.94. The molecule has 1 aromatic rings. The van der Waals surface area contributed by atoms with Gasteiger partial charge in [-0.15, -0.1) is 0 Å². The van der Waals surface area contributed by atoms with Crippen LogP contribution in [-0.2, 0) is 0 Å². The molecule has 0 aliphatic heterocycles. The number of hydrogen-bond acceptors (Lipinski definition) is 2. The van der Waals surface area contributed by atoms with E-state index in [2.05, 4.69) is 5.32 Å². The fraction of sp³-hybridized carbons (Fsp3) is 0.714. The van der Waals surface area contributed by atoms with Crippen LogP contribution in [0.25, 0.3) is 0 Å². The Hall–Kier alpha value is -0.470. The maximum Gasteiger partial charge on any atom is 0.197 e. The molecule has 4 atom stereocenters. The number of halogens is 1. The van der Waals surface area contributed by atoms with Crippen LogP contribution >= 0.6 is 11.6 Å². The highest BCUT2D eigenvalue weighted by atomic mass is 35.5. The van der Waals surface area contributed by atoms with Gasteiger partial charge in [0.2, 0.25) is 0 Å². The van der Waals surface area contributed by atoms with E-state index in [1.54, 1.807) is 6.26 Å². The third-order valence-electron chi connectivity index (χ3n) is 4.79. The number of fused-ring (bicyclic) bond motifs is 2. The smallest absolute Gasteiger partial charge is 0.197 e. The quantitative estimate of drug-likeness (QED) is 0.877. The van der Waals surface area contributed by atoms with Crippen molar-refractivity contribution in [2.45, 2.75) is 38.1 Å². The molecule has 2 nitrogen and oxygen atoms in total. The Morgan fingerprint density at radius 2 is 2.35 bits per heavy atom. The predicted molar refractivity (Wildman–Crippen MR) is 69.1 cm³/mol. The first-order chi connectivity index (χ1) is 8.28. The Labute approximate surface area is 108 Å². The van der Waals surface area contributed by atoms with Crippen molar-refractivity contribution in [1.82, 2.24) is 5.32 Å². The van der Waals surface area contributed by atoms with E-state index in [1.165, 1.54) is 32.1 Å². The summed E-state index contributed by atoms with van der Waals surface area (Å²) in [4.78, 5) is 0. The minimum Gasteiger partial charge on any atom is -0.453 e. The summed E-state index contributed by atoms with van der Waals surface area (Å²) in [5.74, 6) is 2.88. The number of furan rings is 1. The lowest BCUT2D eigenvalue weighted by molar-refractivity contribution is 0.283. The van der Waals surface area contributed by atoms with Crippen molar-refractivity contribution in [3.63, 3.8) is 0 Å². The summed E-state index contributed by atoms with van der Waals surface area (Å²) >= 11 is 6.07. The van der Waals surface area contributed by atoms with Gasteiger partial charge in [-0.25, -0.2) is 0 Å². The summed E-state index contributed by atoms with van der Waals surface area (Å²) < 4.78 is 5.20. The van der Waals surface area contributed by atoms with Crippen LogP contribution < -0.4 is 5.32 Å². The van der Waals surface area contributed by atoms with Gasteiger partial charge >= 0.3 is 0 Å². The van der Waals surface area contributed by atoms with Crippen molar-refractivity contribution in [2.75, 3.05) is 7.05 Å². The molecule has 3 rings (SSSR count). The van der Waals surface area contributed by atoms with Crippen LogP contribution in [0.5, 0.6) is 0 Å². The lowest BCUT2D eigenvalue weighted by atomic mass is 9.83. The van der Waals surface area contributed by atoms with Gasteiger partial charge in [0.05, 0.1) is 6.26 Å². The van der Waals surface area contributed by atoms with Gasteiger partial charge in [-0.2, -0.15) is 0 Å². The second-order valence-electron chi connectivity index (χ2n) is 5.66. The monoisotopic (exact) mass is 253 g/mol. The summed E-state index contributed by atoms with van der Waals surface area (Å²) in [6.07, 6.45) is 8.71. The summed E-state index contributed by atoms with van der Waals surface area (Å²) in [6, 6.07) is 2.35. The largest absolute Gasteiger partial charge is 0.453 e. The Balaban J connectivity index is 1.69. The van der Waals surface area contributed by atoms with E-state index in [9.17, 15) is 0 Å². The van der Waals surface area contributed by atoms with Crippen molar-refractivity contribution < 1.29 is 4.42 Å². The average molecular weight is 254 g/mol. The molecule has 1 heterocycles. The zero-order chi connectivity index (χ0) is 11.8. The van der Waals surface area contributed by atoms with Crippen LogP contribution in [0.2, 0.25) is 5.22 Å². The second-order valence-corrected chi connectivity index (χ2v) is 6.00. The lowest BCUT2D eigenvalue weighted by Crippen LogP contribution is -2.22. The van der Waals surface area contributed by atoms with E-state index in [4.69, 9.17) is 16.0 Å². The zero-order valence-corrected chi connectivity index (χ0v) is 11.0. The highest BCUT2D eigenvalue weighted by Gasteiger charge is 2.40. The molecule has 4 unspecified atom stereocenters. The highest BCUT2D eigenvalue weighted by Crippen LogP contribution is 2.51. The summed E-state index contributed by atoms with van der Waals surface area (Å²) in [7, 11) is 2.02. The fourth-order valence-electron chi connectivity index (χ4n) is 3.92. The van der Waals surface area contributed by atoms with Gasteiger partial charge in [0.1, 0.15) is 0 Å². The minimum absolute atomic E-state index is 0.352. The van der Waals surface area contributed by atoms with Gasteiger partial charge in [0.15, 0.2) is 5.22 Å². The van der Waals surface area contributed by atoms with Crippen molar-refractivity contribution in [3.8, 4) is 0 Å². The number of nitrogens with one attached hydrogen (secondary N) is 1. The van der Waals surface area contributed by atoms with Crippen LogP contribution in [0.1, 0.15) is 43.7 Å². The Morgan fingerprint density at radius 1 is 1.47 bits per heavy atom. The van der Waals surface area contributed by atoms with Gasteiger partial charge in [-0.3, -0.25) is 0 Å². The first-order valence-corrected chi connectivity index (χ1v) is 7.06. The molecular weight excluding hydrogens is 234 g/mol. The molecule has 94 valence electrons. The van der Waals surface area contributed by atoms with Crippen LogP contribution in [0.15, 0.2) is 16.7 Å². The Kier molecular flexibility index (Phi) is 3.18. The molecule has 0 saturated heterocycles. The first-order valence-electron chi connectivity index (χ1n) is 6.68. The lowest BCUT2D eigenvalue weighted by Gasteiger charge is -2.26. The van der Waals surface area contributed by atoms with Crippen LogP contribution in [0.3, 0.4) is 0 Å². The first kappa shape index (κ1) is 11.6. The van der Waals surface area contributed by atoms with Crippen molar-refractivity contribution in [2.24, 2.45) is 17.8 Å². The number of hydrogen-bond donors (Lipinski definition) is 1. The van der Waals surface area contributed by atoms with E-state index in [-0.39, 0.29) is 0 Å². The molecule has 0 amide bonds. The topological polar surface area (TPSA) is 25.2 Å². The maximum atomic E-state index is 6.07. The van der Waals surface area contributed by atoms with Crippen LogP contribution in [0.4, 0.5) is 0 Å². The molecule has 2 bridgehead atoms. The second kappa shape index (κ2) is 4.66. The van der Waals surface area contributed by atoms with Gasteiger partial charge in [-0.05, 0) is 68.2 Å². The molecule has 3 heteroatoms. The van der Waals surface area contributed by atoms with Crippen LogP contribution in [0, 0.1) is 17.8 Å². The van der Waals surface area contributed by atoms with E-state index in [0.717, 1.165) is 23.3 Å². The molecule has 17 heavy (non-hydrogen) atoms. The molecule has 2 aliphatic carbocycles. The molecule has 2 aliphatic rings. The van der Waals surface area contributed by atoms with Gasteiger partial charge in [0, 0.05) is 11.6 Å². The highest BCUT2D eigenvalue weighted by molar-refractivity contribution is 6.29. The van der Waals surface area contributed by atoms with E-state index >= 15 is 0 Å². The Bertz CT molecular complexity index is 389. The van der Waals surface area contributed by atoms with Crippen molar-refractivity contribution in [1.29, 1.82) is 0 Å². The summed E-state index contributed by atoms with van der Waals surface area (Å²) in [5.41, 5.74) is 1.12. The fourth-order valence-corrected chi connectivity index (χ4v) is 4.17. The molecule has 0 aromatic carbocycles. The van der Waals surface area contributed by atoms with Gasteiger partial charge in [0.25, 0.3) is 0 Å². The maximum absolute atomic E-state index is 6.07. The van der Waals surface area contributed by atoms with E-state index in [0.29, 0.717) is 11.3 Å². The molecule has 2 saturated carbocycles. The minimum atomic E-state index is 0.352. The van der Waals surface area contributed by atoms with Crippen molar-refractivity contribution in [3.05, 3.63) is 23.1 Å². The van der Waals surface area contributed by atoms with Crippen molar-refractivity contribution >= 4 is 11.6 Å². The molecule has 1 aromatic heterocycles.